The van der Waals surface area contributed by atoms with E-state index in [1.807, 2.05) is 0 Å². The summed E-state index contributed by atoms with van der Waals surface area (Å²) in [5.74, 6) is -0.245. The SMILES string of the molecule is O=C1[C@@H]2[C@H](C(=O)N1c1ccc(Cl)cc1Cl)[C@@H]1C=C[C@H]2C1. The summed E-state index contributed by atoms with van der Waals surface area (Å²) in [4.78, 5) is 26.5. The molecule has 4 atom stereocenters. The van der Waals surface area contributed by atoms with E-state index in [9.17, 15) is 9.59 Å². The summed E-state index contributed by atoms with van der Waals surface area (Å²) in [5.41, 5.74) is 0.444. The van der Waals surface area contributed by atoms with Crippen molar-refractivity contribution in [2.24, 2.45) is 23.7 Å². The zero-order chi connectivity index (χ0) is 14.0. The molecule has 1 aromatic carbocycles. The van der Waals surface area contributed by atoms with Gasteiger partial charge < -0.3 is 0 Å². The number of halogens is 2. The molecule has 0 aromatic heterocycles. The van der Waals surface area contributed by atoms with E-state index in [0.29, 0.717) is 15.7 Å². The van der Waals surface area contributed by atoms with Gasteiger partial charge in [-0.15, -0.1) is 0 Å². The van der Waals surface area contributed by atoms with Gasteiger partial charge in [-0.1, -0.05) is 35.4 Å². The Labute approximate surface area is 126 Å². The number of anilines is 1. The van der Waals surface area contributed by atoms with Gasteiger partial charge in [-0.25, -0.2) is 4.90 Å². The van der Waals surface area contributed by atoms with Crippen LogP contribution >= 0.6 is 23.2 Å². The molecule has 1 aliphatic heterocycles. The average Bonchev–Trinajstić information content (AvgIpc) is 3.06. The first-order chi connectivity index (χ1) is 9.58. The zero-order valence-corrected chi connectivity index (χ0v) is 11.9. The number of fused-ring (bicyclic) bond motifs is 5. The fourth-order valence-corrected chi connectivity index (χ4v) is 4.30. The Morgan fingerprint density at radius 3 is 2.15 bits per heavy atom. The normalized spacial score (nSPS) is 34.2. The van der Waals surface area contributed by atoms with Crippen LogP contribution in [0.15, 0.2) is 30.4 Å². The summed E-state index contributed by atoms with van der Waals surface area (Å²) >= 11 is 12.0. The number of carbonyl (C=O) groups excluding carboxylic acids is 2. The maximum absolute atomic E-state index is 12.6. The van der Waals surface area contributed by atoms with E-state index in [1.165, 1.54) is 4.90 Å². The van der Waals surface area contributed by atoms with Crippen LogP contribution in [0.1, 0.15) is 6.42 Å². The first-order valence-corrected chi connectivity index (χ1v) is 7.34. The molecular formula is C15H11Cl2NO2. The van der Waals surface area contributed by atoms with Gasteiger partial charge in [0.15, 0.2) is 0 Å². The highest BCUT2D eigenvalue weighted by molar-refractivity contribution is 6.38. The molecule has 1 saturated carbocycles. The van der Waals surface area contributed by atoms with Crippen molar-refractivity contribution in [1.29, 1.82) is 0 Å². The van der Waals surface area contributed by atoms with Crippen LogP contribution in [0, 0.1) is 23.7 Å². The average molecular weight is 308 g/mol. The number of imide groups is 1. The van der Waals surface area contributed by atoms with Crippen LogP contribution in [-0.2, 0) is 9.59 Å². The third-order valence-corrected chi connectivity index (χ3v) is 5.16. The Kier molecular flexibility index (Phi) is 2.54. The molecule has 1 heterocycles. The molecule has 2 fully saturated rings. The lowest BCUT2D eigenvalue weighted by Crippen LogP contribution is -2.33. The predicted octanol–water partition coefficient (Wildman–Crippen LogP) is 3.30. The van der Waals surface area contributed by atoms with E-state index < -0.39 is 0 Å². The highest BCUT2D eigenvalue weighted by Crippen LogP contribution is 2.53. The summed E-state index contributed by atoms with van der Waals surface area (Å²) < 4.78 is 0. The number of nitrogens with zero attached hydrogens (tertiary/aromatic N) is 1. The minimum Gasteiger partial charge on any atom is -0.274 e. The zero-order valence-electron chi connectivity index (χ0n) is 10.4. The second kappa shape index (κ2) is 4.09. The fourth-order valence-electron chi connectivity index (χ4n) is 3.80. The quantitative estimate of drug-likeness (QED) is 0.589. The van der Waals surface area contributed by atoms with Crippen molar-refractivity contribution in [1.82, 2.24) is 0 Å². The smallest absolute Gasteiger partial charge is 0.238 e. The molecule has 3 nitrogen and oxygen atoms in total. The van der Waals surface area contributed by atoms with Crippen LogP contribution in [0.4, 0.5) is 5.69 Å². The largest absolute Gasteiger partial charge is 0.274 e. The fraction of sp³-hybridized carbons (Fsp3) is 0.333. The third-order valence-electron chi connectivity index (χ3n) is 4.62. The van der Waals surface area contributed by atoms with E-state index in [-0.39, 0.29) is 35.5 Å². The van der Waals surface area contributed by atoms with E-state index in [1.54, 1.807) is 18.2 Å². The van der Waals surface area contributed by atoms with Crippen molar-refractivity contribution in [3.63, 3.8) is 0 Å². The van der Waals surface area contributed by atoms with Crippen molar-refractivity contribution < 1.29 is 9.59 Å². The monoisotopic (exact) mass is 307 g/mol. The second-order valence-corrected chi connectivity index (χ2v) is 6.45. The first kappa shape index (κ1) is 12.4. The molecule has 0 spiro atoms. The number of rotatable bonds is 1. The number of hydrogen-bond donors (Lipinski definition) is 0. The lowest BCUT2D eigenvalue weighted by molar-refractivity contribution is -0.123. The van der Waals surface area contributed by atoms with Gasteiger partial charge in [-0.3, -0.25) is 9.59 Å². The molecule has 0 unspecified atom stereocenters. The Morgan fingerprint density at radius 1 is 1.00 bits per heavy atom. The first-order valence-electron chi connectivity index (χ1n) is 6.59. The molecule has 2 aliphatic carbocycles. The summed E-state index contributed by atoms with van der Waals surface area (Å²) in [6, 6.07) is 4.83. The second-order valence-electron chi connectivity index (χ2n) is 5.61. The number of hydrogen-bond acceptors (Lipinski definition) is 2. The van der Waals surface area contributed by atoms with Crippen molar-refractivity contribution in [2.45, 2.75) is 6.42 Å². The molecule has 0 radical (unpaired) electrons. The number of carbonyl (C=O) groups is 2. The minimum absolute atomic E-state index is 0.124. The van der Waals surface area contributed by atoms with Gasteiger partial charge >= 0.3 is 0 Å². The van der Waals surface area contributed by atoms with E-state index in [2.05, 4.69) is 12.2 Å². The van der Waals surface area contributed by atoms with Crippen molar-refractivity contribution >= 4 is 40.7 Å². The molecule has 3 aliphatic rings. The van der Waals surface area contributed by atoms with Gasteiger partial charge in [0.05, 0.1) is 22.5 Å². The van der Waals surface area contributed by atoms with Gasteiger partial charge in [0, 0.05) is 5.02 Å². The third kappa shape index (κ3) is 1.48. The molecule has 4 rings (SSSR count). The molecule has 20 heavy (non-hydrogen) atoms. The predicted molar refractivity (Wildman–Crippen MR) is 76.7 cm³/mol. The lowest BCUT2D eigenvalue weighted by Gasteiger charge is -2.18. The maximum atomic E-state index is 12.6. The van der Waals surface area contributed by atoms with Crippen molar-refractivity contribution in [3.05, 3.63) is 40.4 Å². The summed E-state index contributed by atoms with van der Waals surface area (Å²) in [7, 11) is 0. The van der Waals surface area contributed by atoms with E-state index in [0.717, 1.165) is 6.42 Å². The Morgan fingerprint density at radius 2 is 1.60 bits per heavy atom. The number of allylic oxidation sites excluding steroid dienone is 2. The molecular weight excluding hydrogens is 297 g/mol. The summed E-state index contributed by atoms with van der Waals surface area (Å²) in [5, 5.41) is 0.819. The molecule has 102 valence electrons. The highest BCUT2D eigenvalue weighted by Gasteiger charge is 2.59. The topological polar surface area (TPSA) is 37.4 Å². The molecule has 5 heteroatoms. The van der Waals surface area contributed by atoms with E-state index >= 15 is 0 Å². The number of benzene rings is 1. The van der Waals surface area contributed by atoms with Crippen LogP contribution in [0.2, 0.25) is 10.0 Å². The Hall–Kier alpha value is -1.32. The van der Waals surface area contributed by atoms with Crippen molar-refractivity contribution in [3.8, 4) is 0 Å². The Bertz CT molecular complexity index is 640. The molecule has 1 saturated heterocycles. The van der Waals surface area contributed by atoms with Crippen LogP contribution in [0.5, 0.6) is 0 Å². The van der Waals surface area contributed by atoms with Crippen LogP contribution in [0.3, 0.4) is 0 Å². The summed E-state index contributed by atoms with van der Waals surface area (Å²) in [6.45, 7) is 0. The van der Waals surface area contributed by atoms with Crippen LogP contribution in [-0.4, -0.2) is 11.8 Å². The van der Waals surface area contributed by atoms with Gasteiger partial charge in [0.1, 0.15) is 0 Å². The molecule has 2 amide bonds. The Balaban J connectivity index is 1.78. The van der Waals surface area contributed by atoms with Crippen LogP contribution in [0.25, 0.3) is 0 Å². The number of amides is 2. The molecule has 2 bridgehead atoms. The maximum Gasteiger partial charge on any atom is 0.238 e. The molecule has 1 aromatic rings. The minimum atomic E-state index is -0.204. The van der Waals surface area contributed by atoms with Crippen molar-refractivity contribution in [2.75, 3.05) is 4.90 Å². The molecule has 0 N–H and O–H groups in total. The van der Waals surface area contributed by atoms with Gasteiger partial charge in [0.2, 0.25) is 11.8 Å². The van der Waals surface area contributed by atoms with Crippen LogP contribution < -0.4 is 4.90 Å². The van der Waals surface area contributed by atoms with Gasteiger partial charge in [-0.05, 0) is 36.5 Å². The van der Waals surface area contributed by atoms with E-state index in [4.69, 9.17) is 23.2 Å². The van der Waals surface area contributed by atoms with Gasteiger partial charge in [-0.2, -0.15) is 0 Å². The summed E-state index contributed by atoms with van der Waals surface area (Å²) in [6.07, 6.45) is 5.07. The lowest BCUT2D eigenvalue weighted by atomic mass is 9.85. The highest BCUT2D eigenvalue weighted by atomic mass is 35.5. The standard InChI is InChI=1S/C15H11Cl2NO2/c16-9-3-4-11(10(17)6-9)18-14(19)12-7-1-2-8(5-7)13(12)15(18)20/h1-4,6-8,12-13H,5H2/t7-,8+,12-,13+. The van der Waals surface area contributed by atoms with Gasteiger partial charge in [0.25, 0.3) is 0 Å².